The van der Waals surface area contributed by atoms with Gasteiger partial charge in [0.05, 0.1) is 23.7 Å². The average Bonchev–Trinajstić information content (AvgIpc) is 3.31. The molecule has 3 amide bonds. The van der Waals surface area contributed by atoms with Crippen molar-refractivity contribution in [3.8, 4) is 16.9 Å². The fourth-order valence-corrected chi connectivity index (χ4v) is 8.28. The highest BCUT2D eigenvalue weighted by Gasteiger charge is 2.24. The number of fused-ring (bicyclic) bond motifs is 1. The number of hydrogen-bond donors (Lipinski definition) is 6. The third-order valence-corrected chi connectivity index (χ3v) is 12.1. The number of aryl methyl sites for hydroxylation is 1. The maximum atomic E-state index is 13.2. The van der Waals surface area contributed by atoms with Gasteiger partial charge in [0.15, 0.2) is 0 Å². The standard InChI is InChI=1S/C52H58N6O7/c1-34-13-14-37(30-39(34)29-35(2)53-33-47(60)43-19-21-46(59)51-44(43)20-22-48(61)56-51)32-54-49(62)31-36-15-17-40(18-16-36)57(3)50(63)25-28-58-26-23-41(24-27-58)65-52(64)55-45-12-8-7-11-42(45)38-9-5-4-6-10-38/h4-22,30,35,41,47,53,59-60H,23-29,31-33H2,1-3H3,(H,54,62)(H,55,64)(H,56,61)/t35?,47-/m0/s1. The predicted molar refractivity (Wildman–Crippen MR) is 255 cm³/mol. The molecular formula is C52H58N6O7. The van der Waals surface area contributed by atoms with E-state index >= 15 is 0 Å². The molecule has 7 rings (SSSR count). The molecule has 1 fully saturated rings. The molecule has 1 aromatic heterocycles. The van der Waals surface area contributed by atoms with Gasteiger partial charge in [-0.05, 0) is 96.8 Å². The largest absolute Gasteiger partial charge is 0.506 e. The van der Waals surface area contributed by atoms with Crippen molar-refractivity contribution >= 4 is 40.2 Å². The number of aromatic nitrogens is 1. The minimum atomic E-state index is -0.860. The molecule has 1 aliphatic rings. The number of benzene rings is 5. The highest BCUT2D eigenvalue weighted by Crippen LogP contribution is 2.30. The van der Waals surface area contributed by atoms with Crippen molar-refractivity contribution < 1.29 is 29.3 Å². The lowest BCUT2D eigenvalue weighted by Crippen LogP contribution is -2.40. The Morgan fingerprint density at radius 3 is 2.38 bits per heavy atom. The number of phenolic OH excluding ortho intramolecular Hbond substituents is 1. The van der Waals surface area contributed by atoms with Crippen LogP contribution < -0.4 is 26.4 Å². The van der Waals surface area contributed by atoms with Crippen molar-refractivity contribution in [2.45, 2.75) is 70.7 Å². The monoisotopic (exact) mass is 878 g/mol. The highest BCUT2D eigenvalue weighted by atomic mass is 16.6. The van der Waals surface area contributed by atoms with Crippen LogP contribution in [0.15, 0.2) is 126 Å². The van der Waals surface area contributed by atoms with Gasteiger partial charge in [0, 0.05) is 74.9 Å². The summed E-state index contributed by atoms with van der Waals surface area (Å²) in [6.07, 6.45) is 1.12. The van der Waals surface area contributed by atoms with Gasteiger partial charge in [0.25, 0.3) is 0 Å². The minimum Gasteiger partial charge on any atom is -0.506 e. The molecule has 0 saturated carbocycles. The number of carbonyl (C=O) groups is 3. The Bertz CT molecular complexity index is 2640. The Hall–Kier alpha value is -6.80. The molecule has 1 saturated heterocycles. The smallest absolute Gasteiger partial charge is 0.411 e. The number of phenols is 1. The van der Waals surface area contributed by atoms with Crippen LogP contribution in [0.5, 0.6) is 5.75 Å². The van der Waals surface area contributed by atoms with Crippen molar-refractivity contribution in [1.29, 1.82) is 0 Å². The first-order chi connectivity index (χ1) is 31.4. The van der Waals surface area contributed by atoms with Crippen molar-refractivity contribution in [1.82, 2.24) is 20.5 Å². The van der Waals surface area contributed by atoms with E-state index < -0.39 is 12.2 Å². The molecule has 13 heteroatoms. The number of pyridine rings is 1. The van der Waals surface area contributed by atoms with E-state index in [2.05, 4.69) is 38.8 Å². The number of carbonyl (C=O) groups excluding carboxylic acids is 3. The van der Waals surface area contributed by atoms with Crippen LogP contribution in [0.2, 0.25) is 0 Å². The number of H-pyrrole nitrogens is 1. The molecule has 0 radical (unpaired) electrons. The zero-order valence-electron chi connectivity index (χ0n) is 37.2. The number of aromatic amines is 1. The second-order valence-electron chi connectivity index (χ2n) is 16.9. The molecule has 13 nitrogen and oxygen atoms in total. The molecular weight excluding hydrogens is 821 g/mol. The highest BCUT2D eigenvalue weighted by molar-refractivity contribution is 5.93. The molecule has 6 aromatic rings. The third-order valence-electron chi connectivity index (χ3n) is 12.1. The lowest BCUT2D eigenvalue weighted by Gasteiger charge is -2.31. The maximum Gasteiger partial charge on any atom is 0.411 e. The number of likely N-dealkylation sites (tertiary alicyclic amines) is 1. The summed E-state index contributed by atoms with van der Waals surface area (Å²) in [7, 11) is 1.76. The van der Waals surface area contributed by atoms with Gasteiger partial charge in [0.2, 0.25) is 17.4 Å². The van der Waals surface area contributed by atoms with Crippen LogP contribution >= 0.6 is 0 Å². The van der Waals surface area contributed by atoms with E-state index in [0.717, 1.165) is 52.2 Å². The molecule has 2 atom stereocenters. The number of para-hydroxylation sites is 1. The Morgan fingerprint density at radius 1 is 0.892 bits per heavy atom. The number of piperidine rings is 1. The van der Waals surface area contributed by atoms with Crippen LogP contribution in [-0.4, -0.2) is 83.4 Å². The van der Waals surface area contributed by atoms with Gasteiger partial charge in [-0.2, -0.15) is 0 Å². The Morgan fingerprint density at radius 2 is 1.62 bits per heavy atom. The predicted octanol–water partition coefficient (Wildman–Crippen LogP) is 7.39. The van der Waals surface area contributed by atoms with E-state index in [-0.39, 0.29) is 48.2 Å². The summed E-state index contributed by atoms with van der Waals surface area (Å²) in [5.74, 6) is -0.167. The topological polar surface area (TPSA) is 176 Å². The molecule has 0 bridgehead atoms. The second-order valence-corrected chi connectivity index (χ2v) is 16.9. The van der Waals surface area contributed by atoms with E-state index in [0.29, 0.717) is 60.9 Å². The van der Waals surface area contributed by atoms with Gasteiger partial charge in [-0.3, -0.25) is 19.7 Å². The first kappa shape index (κ1) is 46.2. The summed E-state index contributed by atoms with van der Waals surface area (Å²) in [6, 6.07) is 37.3. The van der Waals surface area contributed by atoms with Gasteiger partial charge in [-0.15, -0.1) is 0 Å². The molecule has 0 spiro atoms. The van der Waals surface area contributed by atoms with Crippen LogP contribution in [0.4, 0.5) is 16.2 Å². The molecule has 6 N–H and O–H groups in total. The lowest BCUT2D eigenvalue weighted by molar-refractivity contribution is -0.120. The van der Waals surface area contributed by atoms with E-state index in [1.807, 2.05) is 97.9 Å². The number of nitrogens with zero attached hydrogens (tertiary/aromatic N) is 2. The number of aliphatic hydroxyl groups is 1. The maximum absolute atomic E-state index is 13.2. The summed E-state index contributed by atoms with van der Waals surface area (Å²) < 4.78 is 5.78. The van der Waals surface area contributed by atoms with Crippen LogP contribution in [0.1, 0.15) is 60.1 Å². The summed E-state index contributed by atoms with van der Waals surface area (Å²) in [5.41, 5.74) is 8.04. The third kappa shape index (κ3) is 12.5. The quantitative estimate of drug-likeness (QED) is 0.0546. The molecule has 1 aliphatic heterocycles. The summed E-state index contributed by atoms with van der Waals surface area (Å²) in [6.45, 7) is 6.82. The molecule has 5 aromatic carbocycles. The number of anilines is 2. The number of rotatable bonds is 17. The number of nitrogens with one attached hydrogen (secondary N) is 4. The lowest BCUT2D eigenvalue weighted by atomic mass is 9.98. The van der Waals surface area contributed by atoms with Gasteiger partial charge in [0.1, 0.15) is 11.9 Å². The Labute approximate surface area is 379 Å². The zero-order chi connectivity index (χ0) is 45.9. The fourth-order valence-electron chi connectivity index (χ4n) is 8.28. The molecule has 65 heavy (non-hydrogen) atoms. The first-order valence-corrected chi connectivity index (χ1v) is 22.2. The van der Waals surface area contributed by atoms with Crippen molar-refractivity contribution in [3.63, 3.8) is 0 Å². The fraction of sp³-hybridized carbons (Fsp3) is 0.308. The molecule has 338 valence electrons. The number of amides is 3. The Balaban J connectivity index is 0.802. The van der Waals surface area contributed by atoms with Crippen LogP contribution in [0.3, 0.4) is 0 Å². The summed E-state index contributed by atoms with van der Waals surface area (Å²) >= 11 is 0. The summed E-state index contributed by atoms with van der Waals surface area (Å²) in [5, 5.41) is 31.2. The van der Waals surface area contributed by atoms with Crippen LogP contribution in [0.25, 0.3) is 22.0 Å². The van der Waals surface area contributed by atoms with E-state index in [9.17, 15) is 29.4 Å². The minimum absolute atomic E-state index is 0.00654. The van der Waals surface area contributed by atoms with Gasteiger partial charge in [-0.25, -0.2) is 4.79 Å². The van der Waals surface area contributed by atoms with Crippen LogP contribution in [0, 0.1) is 6.92 Å². The SMILES string of the molecule is Cc1ccc(CNC(=O)Cc2ccc(N(C)C(=O)CCN3CCC(OC(=O)Nc4ccccc4-c4ccccc4)CC3)cc2)cc1CC(C)NC[C@H](O)c1ccc(O)c2[nH]c(=O)ccc12. The molecule has 2 heterocycles. The summed E-state index contributed by atoms with van der Waals surface area (Å²) in [4.78, 5) is 57.3. The van der Waals surface area contributed by atoms with Crippen molar-refractivity contribution in [2.24, 2.45) is 0 Å². The number of aliphatic hydroxyl groups excluding tert-OH is 1. The second kappa shape index (κ2) is 21.7. The Kier molecular flexibility index (Phi) is 15.4. The van der Waals surface area contributed by atoms with E-state index in [1.165, 1.54) is 12.1 Å². The number of ether oxygens (including phenoxy) is 1. The first-order valence-electron chi connectivity index (χ1n) is 22.2. The van der Waals surface area contributed by atoms with Gasteiger partial charge < -0.3 is 40.4 Å². The van der Waals surface area contributed by atoms with Crippen molar-refractivity contribution in [3.05, 3.63) is 159 Å². The normalized spacial score (nSPS) is 14.1. The average molecular weight is 879 g/mol. The number of aromatic hydroxyl groups is 1. The number of hydrogen-bond acceptors (Lipinski definition) is 9. The molecule has 0 aliphatic carbocycles. The van der Waals surface area contributed by atoms with Gasteiger partial charge in [-0.1, -0.05) is 84.9 Å². The van der Waals surface area contributed by atoms with E-state index in [1.54, 1.807) is 24.1 Å². The molecule has 1 unspecified atom stereocenters. The zero-order valence-corrected chi connectivity index (χ0v) is 37.2. The van der Waals surface area contributed by atoms with Crippen LogP contribution in [-0.2, 0) is 33.7 Å². The van der Waals surface area contributed by atoms with Crippen molar-refractivity contribution in [2.75, 3.05) is 43.4 Å². The van der Waals surface area contributed by atoms with E-state index in [4.69, 9.17) is 4.74 Å². The van der Waals surface area contributed by atoms with Gasteiger partial charge >= 0.3 is 6.09 Å².